The van der Waals surface area contributed by atoms with Crippen molar-refractivity contribution in [3.8, 4) is 0 Å². The Kier molecular flexibility index (Phi) is 5.72. The number of β-amino-alcohol motifs (C(OH)–C–C–N with tert-alkyl or cyclic N) is 1. The van der Waals surface area contributed by atoms with E-state index in [1.54, 1.807) is 0 Å². The first-order chi connectivity index (χ1) is 5.52. The molecule has 1 aliphatic rings. The van der Waals surface area contributed by atoms with E-state index in [0.29, 0.717) is 19.4 Å². The SMILES string of the molecule is CC(C)C.O=C1CCC(O)CN1. The Morgan fingerprint density at radius 2 is 2.00 bits per heavy atom. The predicted octanol–water partition coefficient (Wildman–Crippen LogP) is 0.920. The molecule has 12 heavy (non-hydrogen) atoms. The van der Waals surface area contributed by atoms with Gasteiger partial charge in [0.2, 0.25) is 5.91 Å². The second-order valence-corrected chi connectivity index (χ2v) is 3.73. The van der Waals surface area contributed by atoms with Crippen molar-refractivity contribution in [3.05, 3.63) is 0 Å². The molecule has 0 aromatic rings. The smallest absolute Gasteiger partial charge is 0.220 e. The van der Waals surface area contributed by atoms with E-state index in [1.165, 1.54) is 0 Å². The number of piperidine rings is 1. The van der Waals surface area contributed by atoms with Crippen LogP contribution in [0.5, 0.6) is 0 Å². The van der Waals surface area contributed by atoms with Crippen LogP contribution in [0.2, 0.25) is 0 Å². The number of rotatable bonds is 0. The lowest BCUT2D eigenvalue weighted by Crippen LogP contribution is -2.37. The van der Waals surface area contributed by atoms with Gasteiger partial charge in [0.25, 0.3) is 0 Å². The number of carbonyl (C=O) groups excluding carboxylic acids is 1. The summed E-state index contributed by atoms with van der Waals surface area (Å²) in [7, 11) is 0. The zero-order valence-corrected chi connectivity index (χ0v) is 8.13. The van der Waals surface area contributed by atoms with Gasteiger partial charge in [0.1, 0.15) is 0 Å². The average Bonchev–Trinajstić information content (AvgIpc) is 1.94. The Labute approximate surface area is 74.2 Å². The summed E-state index contributed by atoms with van der Waals surface area (Å²) in [6.45, 7) is 6.93. The molecule has 0 aliphatic carbocycles. The summed E-state index contributed by atoms with van der Waals surface area (Å²) in [4.78, 5) is 10.4. The van der Waals surface area contributed by atoms with Crippen LogP contribution < -0.4 is 5.32 Å². The number of hydrogen-bond donors (Lipinski definition) is 2. The molecule has 72 valence electrons. The van der Waals surface area contributed by atoms with E-state index < -0.39 is 0 Å². The van der Waals surface area contributed by atoms with Crippen molar-refractivity contribution < 1.29 is 9.90 Å². The molecule has 0 spiro atoms. The van der Waals surface area contributed by atoms with Crippen LogP contribution in [-0.4, -0.2) is 23.7 Å². The Bertz CT molecular complexity index is 122. The minimum absolute atomic E-state index is 0.0512. The highest BCUT2D eigenvalue weighted by atomic mass is 16.3. The van der Waals surface area contributed by atoms with Gasteiger partial charge in [-0.15, -0.1) is 0 Å². The van der Waals surface area contributed by atoms with Gasteiger partial charge in [-0.3, -0.25) is 4.79 Å². The van der Waals surface area contributed by atoms with E-state index in [0.717, 1.165) is 5.92 Å². The molecular formula is C9H19NO2. The topological polar surface area (TPSA) is 49.3 Å². The number of nitrogens with one attached hydrogen (secondary N) is 1. The highest BCUT2D eigenvalue weighted by Crippen LogP contribution is 2.00. The molecule has 0 aromatic carbocycles. The highest BCUT2D eigenvalue weighted by molar-refractivity contribution is 5.76. The third kappa shape index (κ3) is 7.54. The molecule has 1 amide bonds. The zero-order chi connectivity index (χ0) is 9.56. The molecule has 0 bridgehead atoms. The average molecular weight is 173 g/mol. The van der Waals surface area contributed by atoms with E-state index in [1.807, 2.05) is 0 Å². The number of aliphatic hydroxyl groups is 1. The summed E-state index contributed by atoms with van der Waals surface area (Å²) >= 11 is 0. The quantitative estimate of drug-likeness (QED) is 0.572. The molecule has 1 unspecified atom stereocenters. The third-order valence-electron chi connectivity index (χ3n) is 1.24. The van der Waals surface area contributed by atoms with Gasteiger partial charge in [-0.05, 0) is 12.3 Å². The maximum atomic E-state index is 10.4. The van der Waals surface area contributed by atoms with Crippen LogP contribution in [0.4, 0.5) is 0 Å². The van der Waals surface area contributed by atoms with Crippen LogP contribution in [-0.2, 0) is 4.79 Å². The van der Waals surface area contributed by atoms with Crippen LogP contribution in [0.25, 0.3) is 0 Å². The zero-order valence-electron chi connectivity index (χ0n) is 8.13. The van der Waals surface area contributed by atoms with Gasteiger partial charge in [0.15, 0.2) is 0 Å². The molecule has 3 nitrogen and oxygen atoms in total. The Morgan fingerprint density at radius 3 is 2.25 bits per heavy atom. The predicted molar refractivity (Wildman–Crippen MR) is 48.8 cm³/mol. The van der Waals surface area contributed by atoms with Crippen LogP contribution in [0, 0.1) is 5.92 Å². The van der Waals surface area contributed by atoms with Crippen molar-refractivity contribution in [3.63, 3.8) is 0 Å². The molecule has 0 saturated carbocycles. The maximum Gasteiger partial charge on any atom is 0.220 e. The van der Waals surface area contributed by atoms with E-state index >= 15 is 0 Å². The van der Waals surface area contributed by atoms with Gasteiger partial charge in [-0.1, -0.05) is 20.8 Å². The summed E-state index contributed by atoms with van der Waals surface area (Å²) < 4.78 is 0. The van der Waals surface area contributed by atoms with E-state index in [4.69, 9.17) is 5.11 Å². The fourth-order valence-electron chi connectivity index (χ4n) is 0.720. The summed E-state index contributed by atoms with van der Waals surface area (Å²) in [6, 6.07) is 0. The lowest BCUT2D eigenvalue weighted by molar-refractivity contribution is -0.123. The van der Waals surface area contributed by atoms with Crippen molar-refractivity contribution >= 4 is 5.91 Å². The first kappa shape index (κ1) is 11.4. The summed E-state index contributed by atoms with van der Waals surface area (Å²) in [6.07, 6.45) is 0.778. The first-order valence-corrected chi connectivity index (χ1v) is 4.47. The van der Waals surface area contributed by atoms with Gasteiger partial charge >= 0.3 is 0 Å². The molecular weight excluding hydrogens is 154 g/mol. The van der Waals surface area contributed by atoms with Gasteiger partial charge in [-0.2, -0.15) is 0 Å². The second kappa shape index (κ2) is 6.00. The van der Waals surface area contributed by atoms with E-state index in [-0.39, 0.29) is 12.0 Å². The van der Waals surface area contributed by atoms with Crippen molar-refractivity contribution in [1.29, 1.82) is 0 Å². The molecule has 3 heteroatoms. The minimum atomic E-state index is -0.312. The van der Waals surface area contributed by atoms with Crippen molar-refractivity contribution in [1.82, 2.24) is 5.32 Å². The standard InChI is InChI=1S/C5H9NO2.C4H10/c7-4-1-2-5(8)6-3-4;1-4(2)3/h4,7H,1-3H2,(H,6,8);4H,1-3H3. The molecule has 1 saturated heterocycles. The summed E-state index contributed by atoms with van der Waals surface area (Å²) in [5.74, 6) is 0.885. The largest absolute Gasteiger partial charge is 0.391 e. The van der Waals surface area contributed by atoms with Gasteiger partial charge in [-0.25, -0.2) is 0 Å². The molecule has 1 aliphatic heterocycles. The fourth-order valence-corrected chi connectivity index (χ4v) is 0.720. The normalized spacial score (nSPS) is 22.8. The van der Waals surface area contributed by atoms with Crippen LogP contribution >= 0.6 is 0 Å². The molecule has 0 aromatic heterocycles. The number of aliphatic hydroxyl groups excluding tert-OH is 1. The van der Waals surface area contributed by atoms with Crippen LogP contribution in [0.15, 0.2) is 0 Å². The van der Waals surface area contributed by atoms with E-state index in [2.05, 4.69) is 26.1 Å². The van der Waals surface area contributed by atoms with Crippen LogP contribution in [0.1, 0.15) is 33.6 Å². The molecule has 1 rings (SSSR count). The third-order valence-corrected chi connectivity index (χ3v) is 1.24. The monoisotopic (exact) mass is 173 g/mol. The molecule has 0 radical (unpaired) electrons. The van der Waals surface area contributed by atoms with Crippen molar-refractivity contribution in [2.24, 2.45) is 5.92 Å². The molecule has 1 atom stereocenters. The summed E-state index contributed by atoms with van der Waals surface area (Å²) in [5.41, 5.74) is 0. The highest BCUT2D eigenvalue weighted by Gasteiger charge is 2.13. The number of carbonyl (C=O) groups is 1. The van der Waals surface area contributed by atoms with Gasteiger partial charge < -0.3 is 10.4 Å². The first-order valence-electron chi connectivity index (χ1n) is 4.47. The minimum Gasteiger partial charge on any atom is -0.391 e. The van der Waals surface area contributed by atoms with E-state index in [9.17, 15) is 4.79 Å². The Balaban J connectivity index is 0.000000261. The molecule has 2 N–H and O–H groups in total. The van der Waals surface area contributed by atoms with Crippen LogP contribution in [0.3, 0.4) is 0 Å². The molecule has 1 heterocycles. The Hall–Kier alpha value is -0.570. The lowest BCUT2D eigenvalue weighted by atomic mass is 10.1. The van der Waals surface area contributed by atoms with Gasteiger partial charge in [0.05, 0.1) is 6.10 Å². The van der Waals surface area contributed by atoms with Crippen molar-refractivity contribution in [2.75, 3.05) is 6.54 Å². The number of amides is 1. The Morgan fingerprint density at radius 1 is 1.50 bits per heavy atom. The second-order valence-electron chi connectivity index (χ2n) is 3.73. The van der Waals surface area contributed by atoms with Gasteiger partial charge in [0, 0.05) is 13.0 Å². The summed E-state index contributed by atoms with van der Waals surface area (Å²) in [5, 5.41) is 11.4. The lowest BCUT2D eigenvalue weighted by Gasteiger charge is -2.16. The number of hydrogen-bond acceptors (Lipinski definition) is 2. The fraction of sp³-hybridized carbons (Fsp3) is 0.889. The van der Waals surface area contributed by atoms with Crippen molar-refractivity contribution in [2.45, 2.75) is 39.7 Å². The molecule has 1 fully saturated rings. The maximum absolute atomic E-state index is 10.4.